The highest BCUT2D eigenvalue weighted by Gasteiger charge is 2.15. The number of hydrogen-bond acceptors (Lipinski definition) is 4. The molecular weight excluding hydrogens is 246 g/mol. The summed E-state index contributed by atoms with van der Waals surface area (Å²) in [4.78, 5) is 2.48. The molecule has 18 heavy (non-hydrogen) atoms. The van der Waals surface area contributed by atoms with Crippen LogP contribution in [0.4, 0.5) is 0 Å². The molecule has 1 heterocycles. The quantitative estimate of drug-likeness (QED) is 0.569. The Kier molecular flexibility index (Phi) is 9.79. The van der Waals surface area contributed by atoms with E-state index in [1.165, 1.54) is 6.42 Å². The Bertz CT molecular complexity index is 181. The Labute approximate surface area is 113 Å². The van der Waals surface area contributed by atoms with Crippen molar-refractivity contribution in [3.63, 3.8) is 0 Å². The average Bonchev–Trinajstić information content (AvgIpc) is 2.42. The van der Waals surface area contributed by atoms with Crippen LogP contribution in [0.25, 0.3) is 0 Å². The van der Waals surface area contributed by atoms with E-state index in [2.05, 4.69) is 18.7 Å². The first-order chi connectivity index (χ1) is 8.86. The smallest absolute Gasteiger partial charge is 0.321 e. The summed E-state index contributed by atoms with van der Waals surface area (Å²) in [7, 11) is -1.40. The molecule has 0 unspecified atom stereocenters. The Hall–Kier alpha value is 0.0569. The highest BCUT2D eigenvalue weighted by Crippen LogP contribution is 2.06. The second-order valence-electron chi connectivity index (χ2n) is 4.77. The molecule has 0 bridgehead atoms. The third-order valence-corrected chi connectivity index (χ3v) is 5.13. The van der Waals surface area contributed by atoms with E-state index in [0.717, 1.165) is 64.9 Å². The Morgan fingerprint density at radius 1 is 1.06 bits per heavy atom. The van der Waals surface area contributed by atoms with Crippen molar-refractivity contribution in [2.75, 3.05) is 46.1 Å². The zero-order chi connectivity index (χ0) is 13.1. The molecule has 0 radical (unpaired) electrons. The summed E-state index contributed by atoms with van der Waals surface area (Å²) in [6, 6.07) is 1.14. The van der Waals surface area contributed by atoms with Gasteiger partial charge in [0.05, 0.1) is 13.2 Å². The third-order valence-electron chi connectivity index (χ3n) is 3.03. The number of nitrogens with zero attached hydrogens (tertiary/aromatic N) is 1. The minimum Gasteiger partial charge on any atom is -0.397 e. The van der Waals surface area contributed by atoms with Gasteiger partial charge in [-0.15, -0.1) is 0 Å². The number of rotatable bonds is 10. The largest absolute Gasteiger partial charge is 0.397 e. The van der Waals surface area contributed by atoms with Gasteiger partial charge in [0.2, 0.25) is 0 Å². The molecule has 4 nitrogen and oxygen atoms in total. The van der Waals surface area contributed by atoms with E-state index >= 15 is 0 Å². The predicted molar refractivity (Wildman–Crippen MR) is 76.3 cm³/mol. The molecule has 0 aromatic heterocycles. The average molecular weight is 275 g/mol. The van der Waals surface area contributed by atoms with Gasteiger partial charge in [-0.05, 0) is 31.9 Å². The van der Waals surface area contributed by atoms with Gasteiger partial charge in [-0.1, -0.05) is 13.8 Å². The van der Waals surface area contributed by atoms with Gasteiger partial charge in [-0.25, -0.2) is 0 Å². The van der Waals surface area contributed by atoms with Gasteiger partial charge in [-0.3, -0.25) is 4.90 Å². The standard InChI is InChI=1S/C13H29NO3Si/c1-3-9-16-18(17-10-4-2)13-5-6-14-7-11-15-12-8-14/h18H,3-13H2,1-2H3. The SMILES string of the molecule is CCCO[SiH](CCCN1CCOCC1)OCCC. The fourth-order valence-corrected chi connectivity index (χ4v) is 3.96. The first-order valence-corrected chi connectivity index (χ1v) is 9.16. The van der Waals surface area contributed by atoms with Crippen LogP contribution in [0.1, 0.15) is 33.1 Å². The van der Waals surface area contributed by atoms with E-state index in [1.54, 1.807) is 0 Å². The number of ether oxygens (including phenoxy) is 1. The van der Waals surface area contributed by atoms with Crippen LogP contribution in [0.2, 0.25) is 6.04 Å². The van der Waals surface area contributed by atoms with Crippen molar-refractivity contribution < 1.29 is 13.6 Å². The van der Waals surface area contributed by atoms with Gasteiger partial charge in [0.15, 0.2) is 0 Å². The maximum Gasteiger partial charge on any atom is 0.321 e. The molecule has 0 amide bonds. The van der Waals surface area contributed by atoms with Crippen LogP contribution in [0.3, 0.4) is 0 Å². The van der Waals surface area contributed by atoms with Crippen LogP contribution < -0.4 is 0 Å². The van der Waals surface area contributed by atoms with Crippen LogP contribution in [0, 0.1) is 0 Å². The molecule has 1 fully saturated rings. The molecule has 0 saturated carbocycles. The summed E-state index contributed by atoms with van der Waals surface area (Å²) < 4.78 is 17.1. The van der Waals surface area contributed by atoms with Crippen molar-refractivity contribution in [2.24, 2.45) is 0 Å². The lowest BCUT2D eigenvalue weighted by atomic mass is 10.3. The molecule has 0 aromatic rings. The molecule has 5 heteroatoms. The lowest BCUT2D eigenvalue weighted by Gasteiger charge is -2.27. The van der Waals surface area contributed by atoms with Crippen molar-refractivity contribution >= 4 is 9.28 Å². The van der Waals surface area contributed by atoms with Crippen LogP contribution in [-0.4, -0.2) is 60.2 Å². The molecule has 0 N–H and O–H groups in total. The van der Waals surface area contributed by atoms with Crippen LogP contribution >= 0.6 is 0 Å². The first kappa shape index (κ1) is 16.1. The molecule has 0 aromatic carbocycles. The summed E-state index contributed by atoms with van der Waals surface area (Å²) in [6.45, 7) is 11.1. The molecule has 0 atom stereocenters. The van der Waals surface area contributed by atoms with Crippen molar-refractivity contribution in [2.45, 2.75) is 39.2 Å². The number of hydrogen-bond donors (Lipinski definition) is 0. The Balaban J connectivity index is 2.10. The zero-order valence-corrected chi connectivity index (χ0v) is 13.2. The van der Waals surface area contributed by atoms with Crippen LogP contribution in [0.15, 0.2) is 0 Å². The monoisotopic (exact) mass is 275 g/mol. The van der Waals surface area contributed by atoms with E-state index < -0.39 is 9.28 Å². The second kappa shape index (κ2) is 10.9. The molecule has 1 aliphatic heterocycles. The summed E-state index contributed by atoms with van der Waals surface area (Å²) in [5.41, 5.74) is 0. The molecule has 0 spiro atoms. The summed E-state index contributed by atoms with van der Waals surface area (Å²) in [5, 5.41) is 0. The van der Waals surface area contributed by atoms with Crippen molar-refractivity contribution in [3.8, 4) is 0 Å². The normalized spacial score (nSPS) is 17.5. The van der Waals surface area contributed by atoms with Gasteiger partial charge >= 0.3 is 9.28 Å². The fourth-order valence-electron chi connectivity index (χ4n) is 2.02. The zero-order valence-electron chi connectivity index (χ0n) is 12.0. The molecular formula is C13H29NO3Si. The second-order valence-corrected chi connectivity index (χ2v) is 6.87. The first-order valence-electron chi connectivity index (χ1n) is 7.40. The minimum atomic E-state index is -1.40. The molecule has 1 rings (SSSR count). The van der Waals surface area contributed by atoms with E-state index in [0.29, 0.717) is 0 Å². The van der Waals surface area contributed by atoms with Gasteiger partial charge < -0.3 is 13.6 Å². The maximum absolute atomic E-state index is 5.86. The topological polar surface area (TPSA) is 30.9 Å². The highest BCUT2D eigenvalue weighted by atomic mass is 28.3. The Morgan fingerprint density at radius 3 is 2.22 bits per heavy atom. The van der Waals surface area contributed by atoms with Crippen molar-refractivity contribution in [3.05, 3.63) is 0 Å². The third kappa shape index (κ3) is 7.48. The van der Waals surface area contributed by atoms with E-state index in [4.69, 9.17) is 13.6 Å². The van der Waals surface area contributed by atoms with E-state index in [1.807, 2.05) is 0 Å². The van der Waals surface area contributed by atoms with Gasteiger partial charge in [0.1, 0.15) is 0 Å². The summed E-state index contributed by atoms with van der Waals surface area (Å²) >= 11 is 0. The molecule has 0 aliphatic carbocycles. The fraction of sp³-hybridized carbons (Fsp3) is 1.00. The van der Waals surface area contributed by atoms with Gasteiger partial charge in [0, 0.05) is 26.3 Å². The molecule has 1 aliphatic rings. The minimum absolute atomic E-state index is 0.859. The van der Waals surface area contributed by atoms with Crippen molar-refractivity contribution in [1.82, 2.24) is 4.90 Å². The lowest BCUT2D eigenvalue weighted by Crippen LogP contribution is -2.37. The lowest BCUT2D eigenvalue weighted by molar-refractivity contribution is 0.0377. The maximum atomic E-state index is 5.86. The van der Waals surface area contributed by atoms with Crippen LogP contribution in [0.5, 0.6) is 0 Å². The molecule has 1 saturated heterocycles. The van der Waals surface area contributed by atoms with Crippen molar-refractivity contribution in [1.29, 1.82) is 0 Å². The van der Waals surface area contributed by atoms with Gasteiger partial charge in [0.25, 0.3) is 0 Å². The number of morpholine rings is 1. The predicted octanol–water partition coefficient (Wildman–Crippen LogP) is 1.78. The van der Waals surface area contributed by atoms with Crippen LogP contribution in [-0.2, 0) is 13.6 Å². The molecule has 108 valence electrons. The van der Waals surface area contributed by atoms with E-state index in [9.17, 15) is 0 Å². The summed E-state index contributed by atoms with van der Waals surface area (Å²) in [6.07, 6.45) is 3.37. The van der Waals surface area contributed by atoms with E-state index in [-0.39, 0.29) is 0 Å². The Morgan fingerprint density at radius 2 is 1.67 bits per heavy atom. The summed E-state index contributed by atoms with van der Waals surface area (Å²) in [5.74, 6) is 0. The van der Waals surface area contributed by atoms with Gasteiger partial charge in [-0.2, -0.15) is 0 Å². The highest BCUT2D eigenvalue weighted by molar-refractivity contribution is 6.44.